The van der Waals surface area contributed by atoms with Gasteiger partial charge in [0.15, 0.2) is 0 Å². The van der Waals surface area contributed by atoms with Crippen LogP contribution in [0.3, 0.4) is 0 Å². The Morgan fingerprint density at radius 2 is 2.22 bits per heavy atom. The zero-order valence-corrected chi connectivity index (χ0v) is 10.7. The summed E-state index contributed by atoms with van der Waals surface area (Å²) in [6.07, 6.45) is 3.72. The first-order valence-electron chi connectivity index (χ1n) is 5.90. The number of hydrogen-bond donors (Lipinski definition) is 2. The molecule has 2 N–H and O–H groups in total. The number of methoxy groups -OCH3 is 1. The fourth-order valence-corrected chi connectivity index (χ4v) is 1.53. The molecule has 0 fully saturated rings. The van der Waals surface area contributed by atoms with Crippen LogP contribution in [0.2, 0.25) is 0 Å². The second-order valence-electron chi connectivity index (χ2n) is 4.00. The summed E-state index contributed by atoms with van der Waals surface area (Å²) in [6, 6.07) is 7.43. The number of aliphatic hydroxyl groups is 1. The zero-order valence-electron chi connectivity index (χ0n) is 10.7. The molecule has 0 aromatic heterocycles. The van der Waals surface area contributed by atoms with Gasteiger partial charge in [-0.2, -0.15) is 0 Å². The minimum Gasteiger partial charge on any atom is -0.496 e. The van der Waals surface area contributed by atoms with E-state index in [1.54, 1.807) is 13.2 Å². The van der Waals surface area contributed by atoms with Gasteiger partial charge < -0.3 is 15.2 Å². The molecule has 0 radical (unpaired) electrons. The predicted molar refractivity (Wildman–Crippen MR) is 71.3 cm³/mol. The summed E-state index contributed by atoms with van der Waals surface area (Å²) >= 11 is 0. The van der Waals surface area contributed by atoms with E-state index < -0.39 is 0 Å². The number of para-hydroxylation sites is 1. The highest BCUT2D eigenvalue weighted by Crippen LogP contribution is 2.18. The number of benzene rings is 1. The van der Waals surface area contributed by atoms with E-state index >= 15 is 0 Å². The number of aliphatic hydroxyl groups excluding tert-OH is 1. The largest absolute Gasteiger partial charge is 0.496 e. The Hall–Kier alpha value is -1.81. The Bertz CT molecular complexity index is 415. The van der Waals surface area contributed by atoms with Crippen LogP contribution >= 0.6 is 0 Å². The van der Waals surface area contributed by atoms with E-state index in [2.05, 4.69) is 5.32 Å². The lowest BCUT2D eigenvalue weighted by Crippen LogP contribution is -2.31. The van der Waals surface area contributed by atoms with Crippen LogP contribution in [0.1, 0.15) is 18.9 Å². The molecule has 0 aliphatic heterocycles. The summed E-state index contributed by atoms with van der Waals surface area (Å²) in [5.74, 6) is 0.548. The number of ether oxygens (including phenoxy) is 1. The second-order valence-corrected chi connectivity index (χ2v) is 4.00. The minimum absolute atomic E-state index is 0.0372. The number of nitrogens with one attached hydrogen (secondary N) is 1. The molecule has 0 aliphatic rings. The van der Waals surface area contributed by atoms with Crippen molar-refractivity contribution in [1.82, 2.24) is 5.32 Å². The summed E-state index contributed by atoms with van der Waals surface area (Å²) in [7, 11) is 1.59. The molecular formula is C14H19NO3. The van der Waals surface area contributed by atoms with Gasteiger partial charge in [0.2, 0.25) is 5.91 Å². The van der Waals surface area contributed by atoms with Crippen molar-refractivity contribution in [3.63, 3.8) is 0 Å². The molecule has 0 spiro atoms. The lowest BCUT2D eigenvalue weighted by Gasteiger charge is -2.10. The molecule has 1 rings (SSSR count). The minimum atomic E-state index is -0.179. The van der Waals surface area contributed by atoms with Crippen molar-refractivity contribution in [3.05, 3.63) is 35.9 Å². The standard InChI is InChI=1S/C14H19NO3/c1-11(9-10-16)15-14(17)8-7-12-5-3-4-6-13(12)18-2/h3-8,11,16H,9-10H2,1-2H3,(H,15,17)/b8-7+. The van der Waals surface area contributed by atoms with Crippen LogP contribution in [0.25, 0.3) is 6.08 Å². The monoisotopic (exact) mass is 249 g/mol. The maximum Gasteiger partial charge on any atom is 0.244 e. The molecule has 0 bridgehead atoms. The van der Waals surface area contributed by atoms with Gasteiger partial charge in [-0.15, -0.1) is 0 Å². The van der Waals surface area contributed by atoms with Crippen LogP contribution in [-0.2, 0) is 4.79 Å². The van der Waals surface area contributed by atoms with Crippen LogP contribution in [0.5, 0.6) is 5.75 Å². The number of carbonyl (C=O) groups is 1. The maximum atomic E-state index is 11.6. The first-order chi connectivity index (χ1) is 8.67. The van der Waals surface area contributed by atoms with Crippen molar-refractivity contribution in [2.75, 3.05) is 13.7 Å². The van der Waals surface area contributed by atoms with E-state index in [9.17, 15) is 4.79 Å². The third-order valence-electron chi connectivity index (χ3n) is 2.50. The summed E-state index contributed by atoms with van der Waals surface area (Å²) in [5, 5.41) is 11.5. The van der Waals surface area contributed by atoms with Gasteiger partial charge in [-0.05, 0) is 25.5 Å². The van der Waals surface area contributed by atoms with Crippen molar-refractivity contribution < 1.29 is 14.6 Å². The first kappa shape index (κ1) is 14.3. The van der Waals surface area contributed by atoms with Crippen molar-refractivity contribution >= 4 is 12.0 Å². The van der Waals surface area contributed by atoms with Crippen molar-refractivity contribution in [3.8, 4) is 5.75 Å². The molecule has 4 nitrogen and oxygen atoms in total. The molecule has 0 saturated carbocycles. The van der Waals surface area contributed by atoms with E-state index in [0.29, 0.717) is 6.42 Å². The number of amides is 1. The highest BCUT2D eigenvalue weighted by atomic mass is 16.5. The number of hydrogen-bond acceptors (Lipinski definition) is 3. The topological polar surface area (TPSA) is 58.6 Å². The van der Waals surface area contributed by atoms with Gasteiger partial charge >= 0.3 is 0 Å². The lowest BCUT2D eigenvalue weighted by molar-refractivity contribution is -0.117. The number of rotatable bonds is 6. The SMILES string of the molecule is COc1ccccc1/C=C/C(=O)NC(C)CCO. The molecule has 4 heteroatoms. The van der Waals surface area contributed by atoms with Crippen LogP contribution < -0.4 is 10.1 Å². The van der Waals surface area contributed by atoms with Gasteiger partial charge in [-0.3, -0.25) is 4.79 Å². The molecule has 18 heavy (non-hydrogen) atoms. The highest BCUT2D eigenvalue weighted by Gasteiger charge is 2.04. The molecule has 1 amide bonds. The van der Waals surface area contributed by atoms with Crippen molar-refractivity contribution in [1.29, 1.82) is 0 Å². The average Bonchev–Trinajstić information content (AvgIpc) is 2.37. The van der Waals surface area contributed by atoms with Crippen molar-refractivity contribution in [2.45, 2.75) is 19.4 Å². The summed E-state index contributed by atoms with van der Waals surface area (Å²) < 4.78 is 5.18. The Kier molecular flexibility index (Phi) is 5.94. The zero-order chi connectivity index (χ0) is 13.4. The van der Waals surface area contributed by atoms with E-state index in [1.165, 1.54) is 6.08 Å². The molecule has 1 aromatic carbocycles. The summed E-state index contributed by atoms with van der Waals surface area (Å²) in [4.78, 5) is 11.6. The van der Waals surface area contributed by atoms with Crippen LogP contribution in [-0.4, -0.2) is 30.8 Å². The first-order valence-corrected chi connectivity index (χ1v) is 5.90. The Labute approximate surface area is 107 Å². The quantitative estimate of drug-likeness (QED) is 0.753. The molecule has 0 aliphatic carbocycles. The second kappa shape index (κ2) is 7.50. The van der Waals surface area contributed by atoms with E-state index in [4.69, 9.17) is 9.84 Å². The molecule has 1 atom stereocenters. The third kappa shape index (κ3) is 4.59. The summed E-state index contributed by atoms with van der Waals surface area (Å²) in [6.45, 7) is 1.92. The summed E-state index contributed by atoms with van der Waals surface area (Å²) in [5.41, 5.74) is 0.852. The molecule has 0 saturated heterocycles. The van der Waals surface area contributed by atoms with Gasteiger partial charge in [-0.25, -0.2) is 0 Å². The van der Waals surface area contributed by atoms with Crippen LogP contribution in [0, 0.1) is 0 Å². The molecule has 0 heterocycles. The maximum absolute atomic E-state index is 11.6. The predicted octanol–water partition coefficient (Wildman–Crippen LogP) is 1.60. The van der Waals surface area contributed by atoms with Gasteiger partial charge in [-0.1, -0.05) is 18.2 Å². The molecule has 1 unspecified atom stereocenters. The van der Waals surface area contributed by atoms with Gasteiger partial charge in [0.25, 0.3) is 0 Å². The fourth-order valence-electron chi connectivity index (χ4n) is 1.53. The Balaban J connectivity index is 2.60. The highest BCUT2D eigenvalue weighted by molar-refractivity contribution is 5.92. The van der Waals surface area contributed by atoms with E-state index in [-0.39, 0.29) is 18.6 Å². The van der Waals surface area contributed by atoms with Gasteiger partial charge in [0.1, 0.15) is 5.75 Å². The van der Waals surface area contributed by atoms with Gasteiger partial charge in [0, 0.05) is 24.3 Å². The van der Waals surface area contributed by atoms with Crippen molar-refractivity contribution in [2.24, 2.45) is 0 Å². The smallest absolute Gasteiger partial charge is 0.244 e. The third-order valence-corrected chi connectivity index (χ3v) is 2.50. The van der Waals surface area contributed by atoms with Crippen LogP contribution in [0.4, 0.5) is 0 Å². The van der Waals surface area contributed by atoms with E-state index in [0.717, 1.165) is 11.3 Å². The van der Waals surface area contributed by atoms with Crippen LogP contribution in [0.15, 0.2) is 30.3 Å². The molecular weight excluding hydrogens is 230 g/mol. The molecule has 1 aromatic rings. The Morgan fingerprint density at radius 1 is 1.50 bits per heavy atom. The van der Waals surface area contributed by atoms with E-state index in [1.807, 2.05) is 31.2 Å². The van der Waals surface area contributed by atoms with Gasteiger partial charge in [0.05, 0.1) is 7.11 Å². The average molecular weight is 249 g/mol. The normalized spacial score (nSPS) is 12.4. The lowest BCUT2D eigenvalue weighted by atomic mass is 10.2. The molecule has 98 valence electrons. The fraction of sp³-hybridized carbons (Fsp3) is 0.357. The Morgan fingerprint density at radius 3 is 2.89 bits per heavy atom. The number of carbonyl (C=O) groups excluding carboxylic acids is 1.